The lowest BCUT2D eigenvalue weighted by Gasteiger charge is -2.35. The lowest BCUT2D eigenvalue weighted by atomic mass is 9.86. The van der Waals surface area contributed by atoms with Gasteiger partial charge < -0.3 is 4.90 Å². The molecule has 164 valence electrons. The van der Waals surface area contributed by atoms with Gasteiger partial charge in [-0.1, -0.05) is 54.6 Å². The molecule has 0 amide bonds. The van der Waals surface area contributed by atoms with Gasteiger partial charge in [-0.2, -0.15) is 0 Å². The Hall–Kier alpha value is -2.28. The number of hydrogen-bond acceptors (Lipinski definition) is 1. The SMILES string of the molecule is C=Cc1ccc(C)cc1N1CCC(CCc2cccc(C(CC(=C)C)C3CC3)c2)CC1. The molecule has 1 atom stereocenters. The largest absolute Gasteiger partial charge is 0.371 e. The van der Waals surface area contributed by atoms with Crippen LogP contribution in [0.2, 0.25) is 0 Å². The topological polar surface area (TPSA) is 3.24 Å². The summed E-state index contributed by atoms with van der Waals surface area (Å²) < 4.78 is 0. The minimum Gasteiger partial charge on any atom is -0.371 e. The van der Waals surface area contributed by atoms with E-state index in [4.69, 9.17) is 0 Å². The molecule has 1 nitrogen and oxygen atoms in total. The Morgan fingerprint density at radius 1 is 1.10 bits per heavy atom. The average Bonchev–Trinajstić information content (AvgIpc) is 3.62. The first-order valence-corrected chi connectivity index (χ1v) is 12.2. The van der Waals surface area contributed by atoms with Gasteiger partial charge in [-0.25, -0.2) is 0 Å². The van der Waals surface area contributed by atoms with E-state index < -0.39 is 0 Å². The van der Waals surface area contributed by atoms with Gasteiger partial charge >= 0.3 is 0 Å². The summed E-state index contributed by atoms with van der Waals surface area (Å²) in [6.07, 6.45) is 11.1. The van der Waals surface area contributed by atoms with Crippen molar-refractivity contribution in [1.82, 2.24) is 0 Å². The van der Waals surface area contributed by atoms with Crippen LogP contribution in [0.15, 0.2) is 61.2 Å². The van der Waals surface area contributed by atoms with E-state index in [-0.39, 0.29) is 0 Å². The molecule has 1 heteroatoms. The first-order valence-electron chi connectivity index (χ1n) is 12.2. The van der Waals surface area contributed by atoms with Crippen LogP contribution in [0.5, 0.6) is 0 Å². The highest BCUT2D eigenvalue weighted by molar-refractivity contribution is 5.67. The summed E-state index contributed by atoms with van der Waals surface area (Å²) in [6.45, 7) is 14.9. The van der Waals surface area contributed by atoms with Crippen LogP contribution >= 0.6 is 0 Å². The summed E-state index contributed by atoms with van der Waals surface area (Å²) in [7, 11) is 0. The molecule has 0 N–H and O–H groups in total. The van der Waals surface area contributed by atoms with Crippen LogP contribution in [0.3, 0.4) is 0 Å². The van der Waals surface area contributed by atoms with Gasteiger partial charge in [0.05, 0.1) is 0 Å². The van der Waals surface area contributed by atoms with E-state index in [0.717, 1.165) is 31.3 Å². The highest BCUT2D eigenvalue weighted by Crippen LogP contribution is 2.45. The fourth-order valence-corrected chi connectivity index (χ4v) is 5.34. The van der Waals surface area contributed by atoms with Crippen molar-refractivity contribution in [3.63, 3.8) is 0 Å². The van der Waals surface area contributed by atoms with Crippen molar-refractivity contribution in [2.75, 3.05) is 18.0 Å². The molecule has 0 radical (unpaired) electrons. The Morgan fingerprint density at radius 3 is 2.55 bits per heavy atom. The van der Waals surface area contributed by atoms with Gasteiger partial charge in [0.1, 0.15) is 0 Å². The Bertz CT molecular complexity index is 912. The van der Waals surface area contributed by atoms with Crippen molar-refractivity contribution in [3.8, 4) is 0 Å². The summed E-state index contributed by atoms with van der Waals surface area (Å²) in [5.41, 5.74) is 8.36. The molecule has 1 heterocycles. The van der Waals surface area contributed by atoms with Crippen molar-refractivity contribution in [2.24, 2.45) is 11.8 Å². The molecule has 0 aromatic heterocycles. The lowest BCUT2D eigenvalue weighted by molar-refractivity contribution is 0.382. The number of aryl methyl sites for hydroxylation is 2. The van der Waals surface area contributed by atoms with Gasteiger partial charge in [-0.3, -0.25) is 0 Å². The van der Waals surface area contributed by atoms with Crippen LogP contribution in [-0.4, -0.2) is 13.1 Å². The normalized spacial score (nSPS) is 18.1. The van der Waals surface area contributed by atoms with Crippen molar-refractivity contribution >= 4 is 11.8 Å². The van der Waals surface area contributed by atoms with E-state index in [1.807, 2.05) is 6.08 Å². The van der Waals surface area contributed by atoms with E-state index in [9.17, 15) is 0 Å². The Morgan fingerprint density at radius 2 is 1.87 bits per heavy atom. The number of nitrogens with zero attached hydrogens (tertiary/aromatic N) is 1. The standard InChI is InChI=1S/C30H39N/c1-5-26-12-9-23(4)20-30(26)31-17-15-24(16-18-31)10-11-25-7-6-8-28(21-25)29(19-22(2)3)27-13-14-27/h5-9,12,20-21,24,27,29H,1-2,10-11,13-19H2,3-4H3. The molecule has 0 spiro atoms. The quantitative estimate of drug-likeness (QED) is 0.377. The van der Waals surface area contributed by atoms with Gasteiger partial charge in [-0.05, 0) is 105 Å². The highest BCUT2D eigenvalue weighted by Gasteiger charge is 2.32. The predicted octanol–water partition coefficient (Wildman–Crippen LogP) is 7.95. The summed E-state index contributed by atoms with van der Waals surface area (Å²) in [6, 6.07) is 16.2. The zero-order valence-corrected chi connectivity index (χ0v) is 19.6. The fraction of sp³-hybridized carbons (Fsp3) is 0.467. The predicted molar refractivity (Wildman–Crippen MR) is 136 cm³/mol. The maximum Gasteiger partial charge on any atom is 0.0442 e. The number of anilines is 1. The molecular formula is C30H39N. The van der Waals surface area contributed by atoms with Gasteiger partial charge in [0.2, 0.25) is 0 Å². The van der Waals surface area contributed by atoms with Crippen LogP contribution in [0.4, 0.5) is 5.69 Å². The number of hydrogen-bond donors (Lipinski definition) is 0. The average molecular weight is 414 g/mol. The maximum atomic E-state index is 4.18. The molecule has 4 rings (SSSR count). The molecule has 2 aromatic rings. The minimum absolute atomic E-state index is 0.689. The third kappa shape index (κ3) is 5.70. The van der Waals surface area contributed by atoms with Crippen molar-refractivity contribution in [1.29, 1.82) is 0 Å². The van der Waals surface area contributed by atoms with Gasteiger partial charge in [-0.15, -0.1) is 6.58 Å². The van der Waals surface area contributed by atoms with Gasteiger partial charge in [0.25, 0.3) is 0 Å². The third-order valence-corrected chi connectivity index (χ3v) is 7.34. The Kier molecular flexibility index (Phi) is 7.00. The third-order valence-electron chi connectivity index (χ3n) is 7.34. The summed E-state index contributed by atoms with van der Waals surface area (Å²) >= 11 is 0. The molecule has 2 aromatic carbocycles. The lowest BCUT2D eigenvalue weighted by Crippen LogP contribution is -2.34. The summed E-state index contributed by atoms with van der Waals surface area (Å²) in [4.78, 5) is 2.57. The molecular weight excluding hydrogens is 374 g/mol. The first kappa shape index (κ1) is 21.9. The van der Waals surface area contributed by atoms with E-state index >= 15 is 0 Å². The van der Waals surface area contributed by atoms with Crippen molar-refractivity contribution in [3.05, 3.63) is 83.4 Å². The number of allylic oxidation sites excluding steroid dienone is 1. The zero-order chi connectivity index (χ0) is 21.8. The number of piperidine rings is 1. The molecule has 31 heavy (non-hydrogen) atoms. The van der Waals surface area contributed by atoms with E-state index in [0.29, 0.717) is 5.92 Å². The Labute approximate surface area is 189 Å². The van der Waals surface area contributed by atoms with Crippen LogP contribution < -0.4 is 4.90 Å². The molecule has 1 aliphatic heterocycles. The molecule has 2 aliphatic rings. The van der Waals surface area contributed by atoms with Gasteiger partial charge in [0.15, 0.2) is 0 Å². The van der Waals surface area contributed by atoms with E-state index in [2.05, 4.69) is 74.4 Å². The molecule has 1 saturated heterocycles. The number of rotatable bonds is 9. The molecule has 0 bridgehead atoms. The fourth-order valence-electron chi connectivity index (χ4n) is 5.34. The van der Waals surface area contributed by atoms with Crippen LogP contribution in [0.25, 0.3) is 6.08 Å². The molecule has 1 aliphatic carbocycles. The molecule has 2 fully saturated rings. The van der Waals surface area contributed by atoms with Crippen LogP contribution in [0.1, 0.15) is 73.6 Å². The molecule has 1 unspecified atom stereocenters. The summed E-state index contributed by atoms with van der Waals surface area (Å²) in [5.74, 6) is 2.42. The van der Waals surface area contributed by atoms with E-state index in [1.165, 1.54) is 66.5 Å². The van der Waals surface area contributed by atoms with Crippen LogP contribution in [-0.2, 0) is 6.42 Å². The second-order valence-electron chi connectivity index (χ2n) is 10.1. The smallest absolute Gasteiger partial charge is 0.0442 e. The molecule has 1 saturated carbocycles. The minimum atomic E-state index is 0.689. The second-order valence-corrected chi connectivity index (χ2v) is 10.1. The Balaban J connectivity index is 1.32. The second kappa shape index (κ2) is 9.90. The monoisotopic (exact) mass is 413 g/mol. The number of benzene rings is 2. The summed E-state index contributed by atoms with van der Waals surface area (Å²) in [5, 5.41) is 0. The maximum absolute atomic E-state index is 4.18. The highest BCUT2D eigenvalue weighted by atomic mass is 15.1. The van der Waals surface area contributed by atoms with Crippen molar-refractivity contribution in [2.45, 2.75) is 64.7 Å². The van der Waals surface area contributed by atoms with Gasteiger partial charge in [0, 0.05) is 18.8 Å². The van der Waals surface area contributed by atoms with E-state index in [1.54, 1.807) is 5.56 Å². The van der Waals surface area contributed by atoms with Crippen molar-refractivity contribution < 1.29 is 0 Å². The zero-order valence-electron chi connectivity index (χ0n) is 19.6. The first-order chi connectivity index (χ1) is 15.0. The van der Waals surface area contributed by atoms with Crippen LogP contribution in [0, 0.1) is 18.8 Å².